The van der Waals surface area contributed by atoms with Gasteiger partial charge >= 0.3 is 0 Å². The SMILES string of the molecule is CC(C)n1c(CCCCl)nc2ccc(F)cc21. The number of aromatic nitrogens is 2. The first-order chi connectivity index (χ1) is 8.13. The highest BCUT2D eigenvalue weighted by molar-refractivity contribution is 6.17. The summed E-state index contributed by atoms with van der Waals surface area (Å²) in [5, 5.41) is 0. The van der Waals surface area contributed by atoms with Crippen LogP contribution in [0.3, 0.4) is 0 Å². The van der Waals surface area contributed by atoms with Crippen molar-refractivity contribution in [3.8, 4) is 0 Å². The molecule has 1 heterocycles. The first-order valence-electron chi connectivity index (χ1n) is 5.86. The molecule has 17 heavy (non-hydrogen) atoms. The lowest BCUT2D eigenvalue weighted by molar-refractivity contribution is 0.577. The molecule has 2 nitrogen and oxygen atoms in total. The summed E-state index contributed by atoms with van der Waals surface area (Å²) < 4.78 is 15.4. The van der Waals surface area contributed by atoms with E-state index in [9.17, 15) is 4.39 Å². The Hall–Kier alpha value is -1.09. The van der Waals surface area contributed by atoms with Crippen molar-refractivity contribution in [2.75, 3.05) is 5.88 Å². The molecule has 0 aliphatic heterocycles. The highest BCUT2D eigenvalue weighted by Gasteiger charge is 2.13. The molecule has 0 amide bonds. The molecule has 2 aromatic rings. The van der Waals surface area contributed by atoms with Crippen LogP contribution in [0.4, 0.5) is 4.39 Å². The molecule has 92 valence electrons. The molecule has 0 saturated carbocycles. The standard InChI is InChI=1S/C13H16ClFN2/c1-9(2)17-12-8-10(15)5-6-11(12)16-13(17)4-3-7-14/h5-6,8-9H,3-4,7H2,1-2H3. The molecule has 0 atom stereocenters. The molecular weight excluding hydrogens is 239 g/mol. The molecule has 0 saturated heterocycles. The molecule has 2 rings (SSSR count). The minimum Gasteiger partial charge on any atom is -0.325 e. The lowest BCUT2D eigenvalue weighted by atomic mass is 10.2. The second-order valence-electron chi connectivity index (χ2n) is 4.42. The Kier molecular flexibility index (Phi) is 3.67. The van der Waals surface area contributed by atoms with Gasteiger partial charge in [0, 0.05) is 18.3 Å². The van der Waals surface area contributed by atoms with E-state index in [0.717, 1.165) is 29.7 Å². The van der Waals surface area contributed by atoms with Crippen molar-refractivity contribution in [3.63, 3.8) is 0 Å². The average molecular weight is 255 g/mol. The van der Waals surface area contributed by atoms with E-state index in [-0.39, 0.29) is 11.9 Å². The smallest absolute Gasteiger partial charge is 0.125 e. The molecule has 1 aromatic carbocycles. The van der Waals surface area contributed by atoms with E-state index in [1.54, 1.807) is 12.1 Å². The molecule has 0 bridgehead atoms. The van der Waals surface area contributed by atoms with Crippen molar-refractivity contribution in [3.05, 3.63) is 29.8 Å². The third-order valence-corrected chi connectivity index (χ3v) is 3.04. The van der Waals surface area contributed by atoms with Crippen LogP contribution in [0.2, 0.25) is 0 Å². The molecule has 0 aliphatic carbocycles. The van der Waals surface area contributed by atoms with Gasteiger partial charge in [-0.15, -0.1) is 11.6 Å². The van der Waals surface area contributed by atoms with Crippen molar-refractivity contribution in [1.82, 2.24) is 9.55 Å². The number of aryl methyl sites for hydroxylation is 1. The number of fused-ring (bicyclic) bond motifs is 1. The molecule has 0 fully saturated rings. The number of nitrogens with zero attached hydrogens (tertiary/aromatic N) is 2. The number of alkyl halides is 1. The predicted molar refractivity (Wildman–Crippen MR) is 69.1 cm³/mol. The summed E-state index contributed by atoms with van der Waals surface area (Å²) in [6, 6.07) is 5.00. The maximum atomic E-state index is 13.3. The van der Waals surface area contributed by atoms with Crippen LogP contribution in [0.5, 0.6) is 0 Å². The van der Waals surface area contributed by atoms with Crippen LogP contribution in [0.15, 0.2) is 18.2 Å². The van der Waals surface area contributed by atoms with E-state index in [4.69, 9.17) is 11.6 Å². The van der Waals surface area contributed by atoms with Crippen LogP contribution in [-0.4, -0.2) is 15.4 Å². The van der Waals surface area contributed by atoms with Crippen LogP contribution in [0.25, 0.3) is 11.0 Å². The summed E-state index contributed by atoms with van der Waals surface area (Å²) >= 11 is 5.71. The fraction of sp³-hybridized carbons (Fsp3) is 0.462. The molecule has 4 heteroatoms. The minimum absolute atomic E-state index is 0.219. The number of hydrogen-bond acceptors (Lipinski definition) is 1. The van der Waals surface area contributed by atoms with E-state index >= 15 is 0 Å². The van der Waals surface area contributed by atoms with Crippen LogP contribution in [-0.2, 0) is 6.42 Å². The Balaban J connectivity index is 2.54. The average Bonchev–Trinajstić information content (AvgIpc) is 2.63. The van der Waals surface area contributed by atoms with Gasteiger partial charge in [-0.25, -0.2) is 9.37 Å². The van der Waals surface area contributed by atoms with Crippen LogP contribution in [0.1, 0.15) is 32.1 Å². The molecule has 1 aromatic heterocycles. The summed E-state index contributed by atoms with van der Waals surface area (Å²) in [6.45, 7) is 4.16. The van der Waals surface area contributed by atoms with E-state index < -0.39 is 0 Å². The van der Waals surface area contributed by atoms with Crippen molar-refractivity contribution >= 4 is 22.6 Å². The molecule has 0 N–H and O–H groups in total. The minimum atomic E-state index is -0.219. The van der Waals surface area contributed by atoms with Gasteiger partial charge in [-0.1, -0.05) is 0 Å². The fourth-order valence-electron chi connectivity index (χ4n) is 2.09. The summed E-state index contributed by atoms with van der Waals surface area (Å²) in [7, 11) is 0. The molecule has 0 unspecified atom stereocenters. The van der Waals surface area contributed by atoms with Crippen LogP contribution < -0.4 is 0 Å². The number of hydrogen-bond donors (Lipinski definition) is 0. The van der Waals surface area contributed by atoms with Gasteiger partial charge in [0.25, 0.3) is 0 Å². The third kappa shape index (κ3) is 2.44. The van der Waals surface area contributed by atoms with Crippen LogP contribution >= 0.6 is 11.6 Å². The van der Waals surface area contributed by atoms with Gasteiger partial charge in [-0.3, -0.25) is 0 Å². The fourth-order valence-corrected chi connectivity index (χ4v) is 2.23. The largest absolute Gasteiger partial charge is 0.325 e. The zero-order chi connectivity index (χ0) is 12.4. The Morgan fingerprint density at radius 3 is 2.82 bits per heavy atom. The quantitative estimate of drug-likeness (QED) is 0.756. The number of imidazole rings is 1. The highest BCUT2D eigenvalue weighted by Crippen LogP contribution is 2.22. The Morgan fingerprint density at radius 2 is 2.18 bits per heavy atom. The lowest BCUT2D eigenvalue weighted by Crippen LogP contribution is -2.06. The van der Waals surface area contributed by atoms with Gasteiger partial charge in [0.15, 0.2) is 0 Å². The van der Waals surface area contributed by atoms with Gasteiger partial charge in [-0.2, -0.15) is 0 Å². The zero-order valence-corrected chi connectivity index (χ0v) is 10.8. The van der Waals surface area contributed by atoms with Crippen molar-refractivity contribution in [2.45, 2.75) is 32.7 Å². The van der Waals surface area contributed by atoms with Gasteiger partial charge in [0.2, 0.25) is 0 Å². The summed E-state index contributed by atoms with van der Waals surface area (Å²) in [5.41, 5.74) is 1.72. The molecule has 0 spiro atoms. The monoisotopic (exact) mass is 254 g/mol. The first-order valence-corrected chi connectivity index (χ1v) is 6.39. The second-order valence-corrected chi connectivity index (χ2v) is 4.80. The summed E-state index contributed by atoms with van der Waals surface area (Å²) in [5.74, 6) is 1.39. The first kappa shape index (κ1) is 12.4. The van der Waals surface area contributed by atoms with Crippen LogP contribution in [0, 0.1) is 5.82 Å². The van der Waals surface area contributed by atoms with Crippen molar-refractivity contribution < 1.29 is 4.39 Å². The Morgan fingerprint density at radius 1 is 1.41 bits per heavy atom. The lowest BCUT2D eigenvalue weighted by Gasteiger charge is -2.12. The Bertz CT molecular complexity index is 519. The maximum Gasteiger partial charge on any atom is 0.125 e. The number of rotatable bonds is 4. The molecular formula is C13H16ClFN2. The van der Waals surface area contributed by atoms with Gasteiger partial charge in [-0.05, 0) is 38.5 Å². The van der Waals surface area contributed by atoms with E-state index in [1.165, 1.54) is 6.07 Å². The van der Waals surface area contributed by atoms with Gasteiger partial charge in [0.05, 0.1) is 11.0 Å². The maximum absolute atomic E-state index is 13.3. The van der Waals surface area contributed by atoms with Crippen molar-refractivity contribution in [2.24, 2.45) is 0 Å². The molecule has 0 radical (unpaired) electrons. The normalized spacial score (nSPS) is 11.6. The predicted octanol–water partition coefficient (Wildman–Crippen LogP) is 3.93. The van der Waals surface area contributed by atoms with Gasteiger partial charge in [0.1, 0.15) is 11.6 Å². The molecule has 0 aliphatic rings. The topological polar surface area (TPSA) is 17.8 Å². The highest BCUT2D eigenvalue weighted by atomic mass is 35.5. The number of benzene rings is 1. The van der Waals surface area contributed by atoms with Crippen molar-refractivity contribution in [1.29, 1.82) is 0 Å². The van der Waals surface area contributed by atoms with Gasteiger partial charge < -0.3 is 4.57 Å². The number of halogens is 2. The van der Waals surface area contributed by atoms with E-state index in [2.05, 4.69) is 23.4 Å². The second kappa shape index (κ2) is 5.05. The summed E-state index contributed by atoms with van der Waals surface area (Å²) in [6.07, 6.45) is 1.72. The van der Waals surface area contributed by atoms with E-state index in [0.29, 0.717) is 5.88 Å². The third-order valence-electron chi connectivity index (χ3n) is 2.77. The zero-order valence-electron chi connectivity index (χ0n) is 10.1. The Labute approximate surface area is 105 Å². The van der Waals surface area contributed by atoms with E-state index in [1.807, 2.05) is 0 Å². The summed E-state index contributed by atoms with van der Waals surface area (Å²) in [4.78, 5) is 4.55.